The molecule has 1 amide bonds. The Morgan fingerprint density at radius 3 is 2.86 bits per heavy atom. The second kappa shape index (κ2) is 6.19. The second-order valence-corrected chi connectivity index (χ2v) is 5.45. The number of carbonyl (C=O) groups is 1. The minimum Gasteiger partial charge on any atom is -0.367 e. The molecule has 0 radical (unpaired) electrons. The fraction of sp³-hybridized carbons (Fsp3) is 0.375. The van der Waals surface area contributed by atoms with Gasteiger partial charge in [0.1, 0.15) is 0 Å². The number of rotatable bonds is 4. The Morgan fingerprint density at radius 1 is 1.36 bits per heavy atom. The van der Waals surface area contributed by atoms with Gasteiger partial charge in [-0.2, -0.15) is 5.10 Å². The van der Waals surface area contributed by atoms with E-state index >= 15 is 0 Å². The van der Waals surface area contributed by atoms with Crippen LogP contribution in [0.3, 0.4) is 0 Å². The van der Waals surface area contributed by atoms with Crippen molar-refractivity contribution in [2.24, 2.45) is 12.8 Å². The van der Waals surface area contributed by atoms with Crippen molar-refractivity contribution in [3.63, 3.8) is 0 Å². The van der Waals surface area contributed by atoms with Crippen LogP contribution in [0.25, 0.3) is 0 Å². The largest absolute Gasteiger partial charge is 0.367 e. The minimum absolute atomic E-state index is 0.141. The van der Waals surface area contributed by atoms with Gasteiger partial charge in [0.2, 0.25) is 0 Å². The van der Waals surface area contributed by atoms with Crippen molar-refractivity contribution < 1.29 is 4.79 Å². The first-order valence-electron chi connectivity index (χ1n) is 7.53. The maximum atomic E-state index is 12.3. The molecule has 0 bridgehead atoms. The van der Waals surface area contributed by atoms with E-state index in [1.165, 1.54) is 5.69 Å². The highest BCUT2D eigenvalue weighted by Crippen LogP contribution is 2.26. The van der Waals surface area contributed by atoms with Gasteiger partial charge in [-0.3, -0.25) is 9.48 Å². The summed E-state index contributed by atoms with van der Waals surface area (Å²) in [6.45, 7) is 2.53. The number of nitrogens with two attached hydrogens (primary N) is 1. The summed E-state index contributed by atoms with van der Waals surface area (Å²) in [6.07, 6.45) is 0.887. The molecule has 116 valence electrons. The molecule has 0 spiro atoms. The number of aryl methyl sites for hydroxylation is 1. The van der Waals surface area contributed by atoms with Crippen LogP contribution in [-0.2, 0) is 20.0 Å². The number of nitrogens with one attached hydrogen (secondary N) is 1. The van der Waals surface area contributed by atoms with Crippen molar-refractivity contribution in [3.8, 4) is 0 Å². The summed E-state index contributed by atoms with van der Waals surface area (Å²) in [6, 6.07) is 10.3. The number of para-hydroxylation sites is 1. The lowest BCUT2D eigenvalue weighted by Crippen LogP contribution is -2.33. The third kappa shape index (κ3) is 2.69. The van der Waals surface area contributed by atoms with Crippen molar-refractivity contribution >= 4 is 11.6 Å². The molecule has 0 atom stereocenters. The number of fused-ring (bicyclic) bond motifs is 1. The molecular formula is C16H21N5O. The number of hydrogen-bond donors (Lipinski definition) is 2. The van der Waals surface area contributed by atoms with Crippen molar-refractivity contribution in [2.45, 2.75) is 13.0 Å². The van der Waals surface area contributed by atoms with Crippen LogP contribution in [0, 0.1) is 0 Å². The van der Waals surface area contributed by atoms with E-state index < -0.39 is 0 Å². The van der Waals surface area contributed by atoms with Gasteiger partial charge < -0.3 is 16.0 Å². The molecule has 2 aromatic rings. The van der Waals surface area contributed by atoms with Gasteiger partial charge in [0.05, 0.1) is 0 Å². The fourth-order valence-corrected chi connectivity index (χ4v) is 2.90. The van der Waals surface area contributed by atoms with Crippen molar-refractivity contribution in [2.75, 3.05) is 24.5 Å². The number of nitrogens with zero attached hydrogens (tertiary/aromatic N) is 3. The van der Waals surface area contributed by atoms with E-state index in [4.69, 9.17) is 5.73 Å². The Kier molecular flexibility index (Phi) is 4.11. The predicted molar refractivity (Wildman–Crippen MR) is 85.8 cm³/mol. The van der Waals surface area contributed by atoms with Gasteiger partial charge in [-0.25, -0.2) is 0 Å². The van der Waals surface area contributed by atoms with Crippen molar-refractivity contribution in [1.29, 1.82) is 0 Å². The first kappa shape index (κ1) is 14.6. The summed E-state index contributed by atoms with van der Waals surface area (Å²) in [5.41, 5.74) is 9.30. The topological polar surface area (TPSA) is 76.2 Å². The molecule has 0 saturated carbocycles. The molecule has 3 N–H and O–H groups in total. The molecule has 1 aliphatic rings. The molecule has 1 aromatic carbocycles. The summed E-state index contributed by atoms with van der Waals surface area (Å²) in [7, 11) is 1.90. The van der Waals surface area contributed by atoms with E-state index in [-0.39, 0.29) is 5.91 Å². The zero-order valence-corrected chi connectivity index (χ0v) is 12.7. The van der Waals surface area contributed by atoms with E-state index in [0.717, 1.165) is 24.2 Å². The summed E-state index contributed by atoms with van der Waals surface area (Å²) >= 11 is 0. The lowest BCUT2D eigenvalue weighted by atomic mass is 10.0. The molecule has 0 aliphatic carbocycles. The first-order chi connectivity index (χ1) is 10.7. The molecule has 1 aliphatic heterocycles. The molecule has 2 heterocycles. The maximum Gasteiger partial charge on any atom is 0.272 e. The van der Waals surface area contributed by atoms with Crippen molar-refractivity contribution in [3.05, 3.63) is 47.3 Å². The normalized spacial score (nSPS) is 13.8. The standard InChI is InChI=1S/C16H21N5O/c1-20-14-7-10-21(12-5-3-2-4-6-12)11-13(14)15(19-20)16(22)18-9-8-17/h2-6H,7-11,17H2,1H3,(H,18,22). The molecule has 0 saturated heterocycles. The zero-order chi connectivity index (χ0) is 15.5. The van der Waals surface area contributed by atoms with Crippen LogP contribution in [-0.4, -0.2) is 35.3 Å². The third-order valence-corrected chi connectivity index (χ3v) is 4.01. The molecule has 1 aromatic heterocycles. The zero-order valence-electron chi connectivity index (χ0n) is 12.7. The van der Waals surface area contributed by atoms with Crippen molar-refractivity contribution in [1.82, 2.24) is 15.1 Å². The van der Waals surface area contributed by atoms with Gasteiger partial charge in [-0.1, -0.05) is 18.2 Å². The quantitative estimate of drug-likeness (QED) is 0.870. The van der Waals surface area contributed by atoms with Crippen LogP contribution in [0.2, 0.25) is 0 Å². The smallest absolute Gasteiger partial charge is 0.272 e. The van der Waals surface area contributed by atoms with Gasteiger partial charge in [0.15, 0.2) is 5.69 Å². The highest BCUT2D eigenvalue weighted by Gasteiger charge is 2.27. The van der Waals surface area contributed by atoms with Crippen LogP contribution in [0.1, 0.15) is 21.7 Å². The highest BCUT2D eigenvalue weighted by atomic mass is 16.1. The van der Waals surface area contributed by atoms with Gasteiger partial charge in [0, 0.05) is 56.6 Å². The average Bonchev–Trinajstić information content (AvgIpc) is 2.90. The predicted octanol–water partition coefficient (Wildman–Crippen LogP) is 0.671. The number of carbonyl (C=O) groups excluding carboxylic acids is 1. The lowest BCUT2D eigenvalue weighted by molar-refractivity contribution is 0.0948. The molecule has 3 rings (SSSR count). The summed E-state index contributed by atoms with van der Waals surface area (Å²) < 4.78 is 1.83. The minimum atomic E-state index is -0.141. The summed E-state index contributed by atoms with van der Waals surface area (Å²) in [5.74, 6) is -0.141. The first-order valence-corrected chi connectivity index (χ1v) is 7.53. The fourth-order valence-electron chi connectivity index (χ4n) is 2.90. The average molecular weight is 299 g/mol. The number of aromatic nitrogens is 2. The Labute approximate surface area is 129 Å². The van der Waals surface area contributed by atoms with Gasteiger partial charge in [0.25, 0.3) is 5.91 Å². The maximum absolute atomic E-state index is 12.3. The number of anilines is 1. The highest BCUT2D eigenvalue weighted by molar-refractivity contribution is 5.94. The van der Waals surface area contributed by atoms with E-state index in [2.05, 4.69) is 27.4 Å². The number of benzene rings is 1. The number of hydrogen-bond acceptors (Lipinski definition) is 4. The van der Waals surface area contributed by atoms with Crippen LogP contribution in [0.15, 0.2) is 30.3 Å². The van der Waals surface area contributed by atoms with Crippen LogP contribution in [0.5, 0.6) is 0 Å². The molecule has 0 fully saturated rings. The van der Waals surface area contributed by atoms with Crippen LogP contribution < -0.4 is 16.0 Å². The monoisotopic (exact) mass is 299 g/mol. The van der Waals surface area contributed by atoms with E-state index in [9.17, 15) is 4.79 Å². The third-order valence-electron chi connectivity index (χ3n) is 4.01. The second-order valence-electron chi connectivity index (χ2n) is 5.45. The Balaban J connectivity index is 1.87. The Bertz CT molecular complexity index is 665. The van der Waals surface area contributed by atoms with E-state index in [0.29, 0.717) is 25.3 Å². The van der Waals surface area contributed by atoms with E-state index in [1.807, 2.05) is 29.9 Å². The molecule has 22 heavy (non-hydrogen) atoms. The molecule has 0 unspecified atom stereocenters. The lowest BCUT2D eigenvalue weighted by Gasteiger charge is -2.29. The Hall–Kier alpha value is -2.34. The summed E-state index contributed by atoms with van der Waals surface area (Å²) in [5, 5.41) is 7.22. The molecule has 6 heteroatoms. The van der Waals surface area contributed by atoms with Crippen LogP contribution >= 0.6 is 0 Å². The van der Waals surface area contributed by atoms with E-state index in [1.54, 1.807) is 0 Å². The van der Waals surface area contributed by atoms with Gasteiger partial charge in [-0.05, 0) is 12.1 Å². The van der Waals surface area contributed by atoms with Crippen LogP contribution in [0.4, 0.5) is 5.69 Å². The van der Waals surface area contributed by atoms with Gasteiger partial charge >= 0.3 is 0 Å². The summed E-state index contributed by atoms with van der Waals surface area (Å²) in [4.78, 5) is 14.6. The molecular weight excluding hydrogens is 278 g/mol. The molecule has 6 nitrogen and oxygen atoms in total. The Morgan fingerprint density at radius 2 is 2.14 bits per heavy atom. The van der Waals surface area contributed by atoms with Gasteiger partial charge in [-0.15, -0.1) is 0 Å². The SMILES string of the molecule is Cn1nc(C(=O)NCCN)c2c1CCN(c1ccccc1)C2. The number of amides is 1.